The van der Waals surface area contributed by atoms with Gasteiger partial charge in [0.1, 0.15) is 0 Å². The van der Waals surface area contributed by atoms with Crippen molar-refractivity contribution in [1.29, 1.82) is 0 Å². The third kappa shape index (κ3) is 3.18. The highest BCUT2D eigenvalue weighted by molar-refractivity contribution is 5.94. The van der Waals surface area contributed by atoms with Gasteiger partial charge in [0.05, 0.1) is 5.36 Å². The summed E-state index contributed by atoms with van der Waals surface area (Å²) >= 11 is 0. The normalized spacial score (nSPS) is 23.7. The van der Waals surface area contributed by atoms with E-state index in [1.807, 2.05) is 13.0 Å². The Morgan fingerprint density at radius 3 is 2.52 bits per heavy atom. The van der Waals surface area contributed by atoms with Crippen molar-refractivity contribution in [3.8, 4) is 0 Å². The first-order valence-corrected chi connectivity index (χ1v) is 8.44. The van der Waals surface area contributed by atoms with Gasteiger partial charge in [0, 0.05) is 37.1 Å². The lowest BCUT2D eigenvalue weighted by Gasteiger charge is -2.42. The average molecular weight is 313 g/mol. The van der Waals surface area contributed by atoms with E-state index in [-0.39, 0.29) is 12.1 Å². The molecule has 2 heterocycles. The molecule has 1 aromatic carbocycles. The van der Waals surface area contributed by atoms with Gasteiger partial charge in [0.15, 0.2) is 12.1 Å². The van der Waals surface area contributed by atoms with Crippen LogP contribution in [0.15, 0.2) is 17.1 Å². The highest BCUT2D eigenvalue weighted by atomic mass is 16.1. The fraction of sp³-hybridized carbons (Fsp3) is 0.579. The second-order valence-corrected chi connectivity index (χ2v) is 7.78. The van der Waals surface area contributed by atoms with Crippen LogP contribution in [0.2, 0.25) is 0 Å². The minimum Gasteiger partial charge on any atom is -0.346 e. The zero-order valence-corrected chi connectivity index (χ0v) is 14.9. The maximum Gasteiger partial charge on any atom is 0.178 e. The smallest absolute Gasteiger partial charge is 0.178 e. The van der Waals surface area contributed by atoms with Gasteiger partial charge < -0.3 is 4.90 Å². The number of hydrogen-bond donors (Lipinski definition) is 0. The molecule has 2 aliphatic heterocycles. The maximum absolute atomic E-state index is 12.0. The lowest BCUT2D eigenvalue weighted by atomic mass is 9.83. The molecule has 124 valence electrons. The number of benzene rings is 1. The van der Waals surface area contributed by atoms with E-state index in [2.05, 4.69) is 43.0 Å². The number of likely N-dealkylation sites (tertiary alicyclic amines) is 1. The van der Waals surface area contributed by atoms with Crippen molar-refractivity contribution in [2.24, 2.45) is 10.4 Å². The summed E-state index contributed by atoms with van der Waals surface area (Å²) in [4.78, 5) is 21.6. The zero-order chi connectivity index (χ0) is 16.8. The van der Waals surface area contributed by atoms with Crippen molar-refractivity contribution in [2.45, 2.75) is 46.8 Å². The van der Waals surface area contributed by atoms with Gasteiger partial charge in [-0.05, 0) is 49.8 Å². The quantitative estimate of drug-likeness (QED) is 0.783. The predicted molar refractivity (Wildman–Crippen MR) is 92.6 cm³/mol. The first kappa shape index (κ1) is 16.2. The number of Topliss-reactive ketones (excluding diaryl/α,β-unsaturated/α-hetero) is 1. The molecule has 1 saturated heterocycles. The molecule has 2 aliphatic rings. The summed E-state index contributed by atoms with van der Waals surface area (Å²) in [6.07, 6.45) is 4.51. The maximum atomic E-state index is 12.0. The van der Waals surface area contributed by atoms with Crippen LogP contribution >= 0.6 is 0 Å². The molecule has 0 bridgehead atoms. The van der Waals surface area contributed by atoms with E-state index in [0.717, 1.165) is 34.8 Å². The third-order valence-electron chi connectivity index (χ3n) is 5.09. The highest BCUT2D eigenvalue weighted by Crippen LogP contribution is 2.31. The first-order chi connectivity index (χ1) is 10.8. The van der Waals surface area contributed by atoms with Gasteiger partial charge in [-0.1, -0.05) is 13.8 Å². The molecule has 1 atom stereocenters. The van der Waals surface area contributed by atoms with Crippen molar-refractivity contribution < 1.29 is 4.79 Å². The molecular formula is C19H27N3O. The Bertz CT molecular complexity index is 741. The summed E-state index contributed by atoms with van der Waals surface area (Å²) in [6.45, 7) is 10.4. The summed E-state index contributed by atoms with van der Waals surface area (Å²) < 4.78 is 0. The van der Waals surface area contributed by atoms with E-state index in [1.54, 1.807) is 6.92 Å². The summed E-state index contributed by atoms with van der Waals surface area (Å²) in [5.41, 5.74) is 2.27. The van der Waals surface area contributed by atoms with Crippen molar-refractivity contribution >= 4 is 12.0 Å². The number of aryl methyl sites for hydroxylation is 1. The molecule has 23 heavy (non-hydrogen) atoms. The van der Waals surface area contributed by atoms with Gasteiger partial charge in [0.25, 0.3) is 0 Å². The standard InChI is InChI=1S/C19H27N3O/c1-13-10-15-12-21(5)18(20-17(15)16(11-13)14(2)23)22-8-6-19(3,4)7-9-22/h10-12,18H,6-9H2,1-5H3. The van der Waals surface area contributed by atoms with Crippen LogP contribution in [0.4, 0.5) is 0 Å². The number of hydrogen-bond acceptors (Lipinski definition) is 4. The number of piperidine rings is 1. The molecule has 1 aromatic rings. The van der Waals surface area contributed by atoms with Gasteiger partial charge in [-0.3, -0.25) is 9.69 Å². The van der Waals surface area contributed by atoms with Crippen LogP contribution in [-0.2, 0) is 0 Å². The predicted octanol–water partition coefficient (Wildman–Crippen LogP) is 1.91. The van der Waals surface area contributed by atoms with Gasteiger partial charge in [-0.15, -0.1) is 0 Å². The number of fused-ring (bicyclic) bond motifs is 1. The van der Waals surface area contributed by atoms with E-state index >= 15 is 0 Å². The number of carbonyl (C=O) groups is 1. The largest absolute Gasteiger partial charge is 0.346 e. The molecule has 0 aliphatic carbocycles. The fourth-order valence-electron chi connectivity index (χ4n) is 3.51. The van der Waals surface area contributed by atoms with Gasteiger partial charge >= 0.3 is 0 Å². The van der Waals surface area contributed by atoms with Crippen LogP contribution in [-0.4, -0.2) is 42.0 Å². The lowest BCUT2D eigenvalue weighted by Crippen LogP contribution is -2.53. The minimum atomic E-state index is -0.000550. The first-order valence-electron chi connectivity index (χ1n) is 8.44. The van der Waals surface area contributed by atoms with Crippen LogP contribution in [0.1, 0.15) is 49.5 Å². The summed E-state index contributed by atoms with van der Waals surface area (Å²) in [5, 5.41) is 1.90. The molecule has 0 spiro atoms. The fourth-order valence-corrected chi connectivity index (χ4v) is 3.51. The zero-order valence-electron chi connectivity index (χ0n) is 14.9. The number of rotatable bonds is 2. The van der Waals surface area contributed by atoms with Crippen LogP contribution in [0, 0.1) is 12.3 Å². The number of ketones is 1. The topological polar surface area (TPSA) is 35.9 Å². The van der Waals surface area contributed by atoms with Crippen molar-refractivity contribution in [2.75, 3.05) is 20.1 Å². The Kier molecular flexibility index (Phi) is 4.05. The molecule has 1 fully saturated rings. The van der Waals surface area contributed by atoms with Crippen molar-refractivity contribution in [3.63, 3.8) is 0 Å². The average Bonchev–Trinajstić information content (AvgIpc) is 2.46. The Morgan fingerprint density at radius 2 is 1.91 bits per heavy atom. The van der Waals surface area contributed by atoms with E-state index < -0.39 is 0 Å². The van der Waals surface area contributed by atoms with Crippen LogP contribution in [0.25, 0.3) is 6.20 Å². The molecule has 0 N–H and O–H groups in total. The summed E-state index contributed by atoms with van der Waals surface area (Å²) in [5.74, 6) is 0.0881. The Labute approximate surface area is 138 Å². The van der Waals surface area contributed by atoms with Gasteiger partial charge in [-0.2, -0.15) is 0 Å². The second kappa shape index (κ2) is 5.75. The van der Waals surface area contributed by atoms with E-state index in [0.29, 0.717) is 5.41 Å². The molecule has 4 heteroatoms. The number of nitrogens with zero attached hydrogens (tertiary/aromatic N) is 3. The molecule has 3 rings (SSSR count). The second-order valence-electron chi connectivity index (χ2n) is 7.78. The third-order valence-corrected chi connectivity index (χ3v) is 5.09. The molecule has 4 nitrogen and oxygen atoms in total. The van der Waals surface area contributed by atoms with Gasteiger partial charge in [0.2, 0.25) is 0 Å². The van der Waals surface area contributed by atoms with E-state index in [9.17, 15) is 4.79 Å². The van der Waals surface area contributed by atoms with Crippen molar-refractivity contribution in [1.82, 2.24) is 9.80 Å². The summed E-state index contributed by atoms with van der Waals surface area (Å²) in [6, 6.07) is 4.07. The van der Waals surface area contributed by atoms with E-state index in [1.165, 1.54) is 12.8 Å². The number of carbonyl (C=O) groups excluding carboxylic acids is 1. The lowest BCUT2D eigenvalue weighted by molar-refractivity contribution is 0.0443. The monoisotopic (exact) mass is 313 g/mol. The van der Waals surface area contributed by atoms with Crippen molar-refractivity contribution in [3.05, 3.63) is 33.8 Å². The molecule has 1 unspecified atom stereocenters. The van der Waals surface area contributed by atoms with Crippen LogP contribution < -0.4 is 10.6 Å². The SMILES string of the molecule is CC(=O)c1cc(C)cc2c1=NC(N1CCC(C)(C)CC1)N(C)C=2. The minimum absolute atomic E-state index is 0.000550. The molecular weight excluding hydrogens is 286 g/mol. The molecule has 0 radical (unpaired) electrons. The molecule has 0 amide bonds. The summed E-state index contributed by atoms with van der Waals surface area (Å²) in [7, 11) is 2.08. The van der Waals surface area contributed by atoms with Crippen LogP contribution in [0.3, 0.4) is 0 Å². The molecule has 0 saturated carbocycles. The van der Waals surface area contributed by atoms with E-state index in [4.69, 9.17) is 4.99 Å². The Morgan fingerprint density at radius 1 is 1.26 bits per heavy atom. The van der Waals surface area contributed by atoms with Gasteiger partial charge in [-0.25, -0.2) is 4.99 Å². The molecule has 0 aromatic heterocycles. The van der Waals surface area contributed by atoms with Crippen LogP contribution in [0.5, 0.6) is 0 Å². The Balaban J connectivity index is 2.01. The highest BCUT2D eigenvalue weighted by Gasteiger charge is 2.31. The Hall–Kier alpha value is -1.68.